The third-order valence-electron chi connectivity index (χ3n) is 5.74. The Bertz CT molecular complexity index is 1060. The van der Waals surface area contributed by atoms with E-state index in [9.17, 15) is 4.79 Å². The molecule has 5 nitrogen and oxygen atoms in total. The molecule has 2 aromatic heterocycles. The summed E-state index contributed by atoms with van der Waals surface area (Å²) in [6.07, 6.45) is 4.42. The number of thioether (sulfide) groups is 1. The quantitative estimate of drug-likeness (QED) is 0.551. The predicted octanol–water partition coefficient (Wildman–Crippen LogP) is 4.99. The van der Waals surface area contributed by atoms with E-state index >= 15 is 0 Å². The van der Waals surface area contributed by atoms with Crippen LogP contribution in [0.2, 0.25) is 0 Å². The first-order valence-corrected chi connectivity index (χ1v) is 11.9. The summed E-state index contributed by atoms with van der Waals surface area (Å²) in [6.45, 7) is 4.39. The van der Waals surface area contributed by atoms with Crippen molar-refractivity contribution >= 4 is 34.7 Å². The number of aromatic nitrogens is 2. The van der Waals surface area contributed by atoms with Crippen LogP contribution >= 0.6 is 23.1 Å². The molecule has 7 heteroatoms. The minimum atomic E-state index is 0.0766. The maximum atomic E-state index is 12.8. The summed E-state index contributed by atoms with van der Waals surface area (Å²) in [5.41, 5.74) is 3.68. The molecule has 29 heavy (non-hydrogen) atoms. The van der Waals surface area contributed by atoms with Crippen molar-refractivity contribution in [3.63, 3.8) is 0 Å². The Labute approximate surface area is 178 Å². The van der Waals surface area contributed by atoms with Crippen LogP contribution in [0.3, 0.4) is 0 Å². The lowest BCUT2D eigenvalue weighted by Gasteiger charge is -2.22. The second-order valence-electron chi connectivity index (χ2n) is 8.01. The SMILES string of the molecule is CC1CCc2sc(-c3nnc(SCC(=O)N4c5ccccc5CC4C)o3)cc2C1. The van der Waals surface area contributed by atoms with E-state index in [1.807, 2.05) is 23.1 Å². The van der Waals surface area contributed by atoms with Crippen LogP contribution in [0.5, 0.6) is 0 Å². The number of thiophene rings is 1. The summed E-state index contributed by atoms with van der Waals surface area (Å²) in [6, 6.07) is 10.5. The fourth-order valence-electron chi connectivity index (χ4n) is 4.32. The Morgan fingerprint density at radius 3 is 3.00 bits per heavy atom. The third-order valence-corrected chi connectivity index (χ3v) is 7.77. The van der Waals surface area contributed by atoms with Gasteiger partial charge in [0.1, 0.15) is 0 Å². The van der Waals surface area contributed by atoms with Crippen molar-refractivity contribution in [2.45, 2.75) is 50.8 Å². The van der Waals surface area contributed by atoms with Gasteiger partial charge < -0.3 is 9.32 Å². The molecule has 1 amide bonds. The summed E-state index contributed by atoms with van der Waals surface area (Å²) in [7, 11) is 0. The summed E-state index contributed by atoms with van der Waals surface area (Å²) < 4.78 is 5.86. The molecule has 3 heterocycles. The van der Waals surface area contributed by atoms with Crippen molar-refractivity contribution < 1.29 is 9.21 Å². The highest BCUT2D eigenvalue weighted by Gasteiger charge is 2.30. The molecule has 0 radical (unpaired) electrons. The largest absolute Gasteiger partial charge is 0.410 e. The number of nitrogens with zero attached hydrogens (tertiary/aromatic N) is 3. The normalized spacial score (nSPS) is 20.6. The molecule has 2 atom stereocenters. The number of benzene rings is 1. The Morgan fingerprint density at radius 2 is 2.10 bits per heavy atom. The number of para-hydroxylation sites is 1. The van der Waals surface area contributed by atoms with Gasteiger partial charge in [-0.3, -0.25) is 4.79 Å². The van der Waals surface area contributed by atoms with Crippen LogP contribution in [0.4, 0.5) is 5.69 Å². The van der Waals surface area contributed by atoms with Gasteiger partial charge in [0.2, 0.25) is 5.91 Å². The molecule has 0 fully saturated rings. The maximum Gasteiger partial charge on any atom is 0.277 e. The van der Waals surface area contributed by atoms with E-state index in [0.29, 0.717) is 16.9 Å². The highest BCUT2D eigenvalue weighted by atomic mass is 32.2. The molecule has 5 rings (SSSR count). The monoisotopic (exact) mass is 425 g/mol. The number of rotatable bonds is 4. The first-order valence-electron chi connectivity index (χ1n) is 10.1. The van der Waals surface area contributed by atoms with Crippen LogP contribution < -0.4 is 4.90 Å². The number of carbonyl (C=O) groups excluding carboxylic acids is 1. The first-order chi connectivity index (χ1) is 14.1. The molecule has 3 aromatic rings. The second-order valence-corrected chi connectivity index (χ2v) is 10.1. The van der Waals surface area contributed by atoms with Crippen LogP contribution in [0.1, 0.15) is 36.3 Å². The molecule has 2 aliphatic rings. The molecule has 0 bridgehead atoms. The first kappa shape index (κ1) is 18.9. The molecular formula is C22H23N3O2S2. The van der Waals surface area contributed by atoms with Gasteiger partial charge in [0.15, 0.2) is 0 Å². The van der Waals surface area contributed by atoms with Gasteiger partial charge in [-0.1, -0.05) is 36.9 Å². The molecule has 0 saturated carbocycles. The number of aryl methyl sites for hydroxylation is 1. The number of anilines is 1. The van der Waals surface area contributed by atoms with Crippen molar-refractivity contribution in [3.8, 4) is 10.8 Å². The number of fused-ring (bicyclic) bond motifs is 2. The summed E-state index contributed by atoms with van der Waals surface area (Å²) >= 11 is 3.08. The Balaban J connectivity index is 1.26. The number of hydrogen-bond donors (Lipinski definition) is 0. The van der Waals surface area contributed by atoms with E-state index in [1.165, 1.54) is 34.2 Å². The Hall–Kier alpha value is -2.12. The number of carbonyl (C=O) groups is 1. The van der Waals surface area contributed by atoms with Gasteiger partial charge >= 0.3 is 0 Å². The van der Waals surface area contributed by atoms with Crippen molar-refractivity contribution in [2.24, 2.45) is 5.92 Å². The topological polar surface area (TPSA) is 59.2 Å². The number of amides is 1. The molecule has 150 valence electrons. The van der Waals surface area contributed by atoms with Crippen LogP contribution in [-0.2, 0) is 24.1 Å². The van der Waals surface area contributed by atoms with Crippen LogP contribution in [-0.4, -0.2) is 27.9 Å². The fourth-order valence-corrected chi connectivity index (χ4v) is 6.07. The van der Waals surface area contributed by atoms with Crippen LogP contribution in [0, 0.1) is 5.92 Å². The lowest BCUT2D eigenvalue weighted by Crippen LogP contribution is -2.36. The average molecular weight is 426 g/mol. The smallest absolute Gasteiger partial charge is 0.277 e. The summed E-state index contributed by atoms with van der Waals surface area (Å²) in [4.78, 5) is 17.2. The Morgan fingerprint density at radius 1 is 1.24 bits per heavy atom. The van der Waals surface area contributed by atoms with Gasteiger partial charge in [0.05, 0.1) is 10.6 Å². The maximum absolute atomic E-state index is 12.8. The molecule has 1 aliphatic heterocycles. The van der Waals surface area contributed by atoms with E-state index in [-0.39, 0.29) is 11.9 Å². The van der Waals surface area contributed by atoms with Gasteiger partial charge in [-0.25, -0.2) is 0 Å². The van der Waals surface area contributed by atoms with Crippen molar-refractivity contribution in [3.05, 3.63) is 46.3 Å². The Kier molecular flexibility index (Phi) is 4.95. The van der Waals surface area contributed by atoms with Gasteiger partial charge in [-0.2, -0.15) is 0 Å². The second kappa shape index (κ2) is 7.61. The molecule has 0 saturated heterocycles. The molecule has 0 spiro atoms. The van der Waals surface area contributed by atoms with Crippen LogP contribution in [0.25, 0.3) is 10.8 Å². The van der Waals surface area contributed by atoms with Gasteiger partial charge in [0, 0.05) is 16.6 Å². The fraction of sp³-hybridized carbons (Fsp3) is 0.409. The lowest BCUT2D eigenvalue weighted by molar-refractivity contribution is -0.116. The highest BCUT2D eigenvalue weighted by Crippen LogP contribution is 2.37. The summed E-state index contributed by atoms with van der Waals surface area (Å²) in [5.74, 6) is 1.67. The highest BCUT2D eigenvalue weighted by molar-refractivity contribution is 7.99. The van der Waals surface area contributed by atoms with E-state index < -0.39 is 0 Å². The van der Waals surface area contributed by atoms with E-state index in [1.54, 1.807) is 11.3 Å². The molecule has 1 aliphatic carbocycles. The summed E-state index contributed by atoms with van der Waals surface area (Å²) in [5, 5.41) is 8.83. The minimum absolute atomic E-state index is 0.0766. The van der Waals surface area contributed by atoms with Crippen molar-refractivity contribution in [2.75, 3.05) is 10.7 Å². The average Bonchev–Trinajstić information content (AvgIpc) is 3.41. The van der Waals surface area contributed by atoms with E-state index in [0.717, 1.165) is 35.7 Å². The van der Waals surface area contributed by atoms with E-state index in [4.69, 9.17) is 4.42 Å². The number of hydrogen-bond acceptors (Lipinski definition) is 6. The van der Waals surface area contributed by atoms with Crippen molar-refractivity contribution in [1.82, 2.24) is 10.2 Å². The standard InChI is InChI=1S/C22H23N3O2S2/c1-13-7-8-18-16(9-13)11-19(29-18)21-23-24-22(27-21)28-12-20(26)25-14(2)10-15-5-3-4-6-17(15)25/h3-6,11,13-14H,7-10,12H2,1-2H3. The zero-order chi connectivity index (χ0) is 20.0. The zero-order valence-electron chi connectivity index (χ0n) is 16.6. The minimum Gasteiger partial charge on any atom is -0.410 e. The van der Waals surface area contributed by atoms with Crippen molar-refractivity contribution in [1.29, 1.82) is 0 Å². The molecular weight excluding hydrogens is 402 g/mol. The molecule has 2 unspecified atom stereocenters. The van der Waals surface area contributed by atoms with Gasteiger partial charge in [-0.05, 0) is 61.8 Å². The van der Waals surface area contributed by atoms with Crippen LogP contribution in [0.15, 0.2) is 40.0 Å². The van der Waals surface area contributed by atoms with Gasteiger partial charge in [-0.15, -0.1) is 21.5 Å². The zero-order valence-corrected chi connectivity index (χ0v) is 18.2. The lowest BCUT2D eigenvalue weighted by atomic mass is 9.90. The van der Waals surface area contributed by atoms with Gasteiger partial charge in [0.25, 0.3) is 11.1 Å². The van der Waals surface area contributed by atoms with E-state index in [2.05, 4.69) is 36.2 Å². The molecule has 1 aromatic carbocycles. The molecule has 0 N–H and O–H groups in total. The predicted molar refractivity (Wildman–Crippen MR) is 117 cm³/mol. The third kappa shape index (κ3) is 3.62.